The van der Waals surface area contributed by atoms with Crippen molar-refractivity contribution in [3.8, 4) is 11.5 Å². The molecule has 0 aliphatic rings. The first kappa shape index (κ1) is 14.5. The van der Waals surface area contributed by atoms with E-state index in [0.717, 1.165) is 11.6 Å². The fraction of sp³-hybridized carbons (Fsp3) is 0.0588. The van der Waals surface area contributed by atoms with Crippen molar-refractivity contribution in [3.63, 3.8) is 0 Å². The van der Waals surface area contributed by atoms with Gasteiger partial charge in [0.25, 0.3) is 0 Å². The standard InChI is InChI=1S/C17H14O4/c1-3-16(18)21-15-10-9-12(2)11-14(15)17(19)20-13-7-5-4-6-8-13/h3-11H,1H2,2H3. The molecule has 0 radical (unpaired) electrons. The van der Waals surface area contributed by atoms with Gasteiger partial charge in [-0.25, -0.2) is 9.59 Å². The van der Waals surface area contributed by atoms with Gasteiger partial charge in [0.15, 0.2) is 0 Å². The molecule has 4 heteroatoms. The van der Waals surface area contributed by atoms with Crippen LogP contribution in [0.5, 0.6) is 11.5 Å². The molecular formula is C17H14O4. The Labute approximate surface area is 122 Å². The first-order valence-corrected chi connectivity index (χ1v) is 6.32. The maximum Gasteiger partial charge on any atom is 0.347 e. The lowest BCUT2D eigenvalue weighted by atomic mass is 10.1. The molecule has 0 bridgehead atoms. The predicted molar refractivity (Wildman–Crippen MR) is 78.4 cm³/mol. The lowest BCUT2D eigenvalue weighted by Gasteiger charge is -2.09. The second kappa shape index (κ2) is 6.52. The van der Waals surface area contributed by atoms with E-state index in [0.29, 0.717) is 5.75 Å². The average Bonchev–Trinajstić information content (AvgIpc) is 2.49. The number of rotatable bonds is 4. The summed E-state index contributed by atoms with van der Waals surface area (Å²) < 4.78 is 10.3. The smallest absolute Gasteiger partial charge is 0.347 e. The molecule has 0 fully saturated rings. The van der Waals surface area contributed by atoms with Crippen molar-refractivity contribution in [2.45, 2.75) is 6.92 Å². The summed E-state index contributed by atoms with van der Waals surface area (Å²) in [6, 6.07) is 13.6. The molecule has 4 nitrogen and oxygen atoms in total. The van der Waals surface area contributed by atoms with Crippen LogP contribution in [0.1, 0.15) is 15.9 Å². The highest BCUT2D eigenvalue weighted by Crippen LogP contribution is 2.22. The lowest BCUT2D eigenvalue weighted by Crippen LogP contribution is -2.13. The summed E-state index contributed by atoms with van der Waals surface area (Å²) >= 11 is 0. The molecule has 0 aliphatic carbocycles. The summed E-state index contributed by atoms with van der Waals surface area (Å²) in [5, 5.41) is 0. The zero-order valence-corrected chi connectivity index (χ0v) is 11.5. The number of benzene rings is 2. The van der Waals surface area contributed by atoms with Gasteiger partial charge in [0, 0.05) is 6.08 Å². The second-order valence-corrected chi connectivity index (χ2v) is 4.33. The van der Waals surface area contributed by atoms with Crippen molar-refractivity contribution in [1.29, 1.82) is 0 Å². The molecule has 106 valence electrons. The third-order valence-electron chi connectivity index (χ3n) is 2.69. The Morgan fingerprint density at radius 1 is 1.05 bits per heavy atom. The monoisotopic (exact) mass is 282 g/mol. The van der Waals surface area contributed by atoms with Gasteiger partial charge in [-0.05, 0) is 36.8 Å². The van der Waals surface area contributed by atoms with E-state index in [9.17, 15) is 9.59 Å². The Kier molecular flexibility index (Phi) is 4.51. The van der Waals surface area contributed by atoms with Gasteiger partial charge < -0.3 is 9.47 Å². The topological polar surface area (TPSA) is 52.6 Å². The largest absolute Gasteiger partial charge is 0.423 e. The molecule has 0 aliphatic heterocycles. The van der Waals surface area contributed by atoms with Crippen LogP contribution in [0, 0.1) is 6.92 Å². The van der Waals surface area contributed by atoms with E-state index in [1.54, 1.807) is 42.5 Å². The van der Waals surface area contributed by atoms with Crippen molar-refractivity contribution in [3.05, 3.63) is 72.3 Å². The van der Waals surface area contributed by atoms with Gasteiger partial charge in [0.1, 0.15) is 17.1 Å². The van der Waals surface area contributed by atoms with Gasteiger partial charge in [0.2, 0.25) is 0 Å². The Morgan fingerprint density at radius 2 is 1.76 bits per heavy atom. The molecule has 0 N–H and O–H groups in total. The highest BCUT2D eigenvalue weighted by Gasteiger charge is 2.17. The Morgan fingerprint density at radius 3 is 2.43 bits per heavy atom. The number of carbonyl (C=O) groups excluding carboxylic acids is 2. The second-order valence-electron chi connectivity index (χ2n) is 4.33. The van der Waals surface area contributed by atoms with Crippen LogP contribution in [0.15, 0.2) is 61.2 Å². The van der Waals surface area contributed by atoms with Gasteiger partial charge in [-0.15, -0.1) is 0 Å². The van der Waals surface area contributed by atoms with Crippen LogP contribution in [0.25, 0.3) is 0 Å². The van der Waals surface area contributed by atoms with E-state index in [2.05, 4.69) is 6.58 Å². The van der Waals surface area contributed by atoms with Gasteiger partial charge in [-0.1, -0.05) is 30.8 Å². The highest BCUT2D eigenvalue weighted by molar-refractivity contribution is 5.95. The minimum Gasteiger partial charge on any atom is -0.423 e. The van der Waals surface area contributed by atoms with E-state index in [1.807, 2.05) is 13.0 Å². The third-order valence-corrected chi connectivity index (χ3v) is 2.69. The minimum atomic E-state index is -0.632. The summed E-state index contributed by atoms with van der Waals surface area (Å²) in [7, 11) is 0. The molecule has 0 unspecified atom stereocenters. The lowest BCUT2D eigenvalue weighted by molar-refractivity contribution is -0.128. The average molecular weight is 282 g/mol. The molecule has 0 saturated heterocycles. The van der Waals surface area contributed by atoms with Crippen molar-refractivity contribution in [2.24, 2.45) is 0 Å². The molecule has 0 saturated carbocycles. The maximum absolute atomic E-state index is 12.2. The molecule has 0 aromatic heterocycles. The van der Waals surface area contributed by atoms with E-state index >= 15 is 0 Å². The van der Waals surface area contributed by atoms with Crippen LogP contribution >= 0.6 is 0 Å². The summed E-state index contributed by atoms with van der Waals surface area (Å²) in [6.07, 6.45) is 1.03. The summed E-state index contributed by atoms with van der Waals surface area (Å²) in [5.74, 6) is -0.652. The predicted octanol–water partition coefficient (Wildman–Crippen LogP) is 3.31. The molecule has 2 aromatic carbocycles. The molecule has 2 aromatic rings. The van der Waals surface area contributed by atoms with Crippen molar-refractivity contribution < 1.29 is 19.1 Å². The molecule has 0 atom stereocenters. The highest BCUT2D eigenvalue weighted by atomic mass is 16.5. The Hall–Kier alpha value is -2.88. The normalized spacial score (nSPS) is 9.76. The maximum atomic E-state index is 12.2. The first-order chi connectivity index (χ1) is 10.1. The summed E-state index contributed by atoms with van der Waals surface area (Å²) in [6.45, 7) is 5.16. The van der Waals surface area contributed by atoms with Crippen molar-refractivity contribution in [2.75, 3.05) is 0 Å². The molecule has 0 spiro atoms. The number of esters is 2. The van der Waals surface area contributed by atoms with E-state index in [4.69, 9.17) is 9.47 Å². The van der Waals surface area contributed by atoms with E-state index in [-0.39, 0.29) is 11.3 Å². The van der Waals surface area contributed by atoms with Gasteiger partial charge in [-0.3, -0.25) is 0 Å². The number of ether oxygens (including phenoxy) is 2. The molecular weight excluding hydrogens is 268 g/mol. The molecule has 2 rings (SSSR count). The number of carbonyl (C=O) groups is 2. The first-order valence-electron chi connectivity index (χ1n) is 6.32. The van der Waals surface area contributed by atoms with Crippen molar-refractivity contribution in [1.82, 2.24) is 0 Å². The van der Waals surface area contributed by atoms with Gasteiger partial charge in [0.05, 0.1) is 0 Å². The van der Waals surface area contributed by atoms with Crippen LogP contribution < -0.4 is 9.47 Å². The number of aryl methyl sites for hydroxylation is 1. The molecule has 21 heavy (non-hydrogen) atoms. The summed E-state index contributed by atoms with van der Waals surface area (Å²) in [4.78, 5) is 23.5. The quantitative estimate of drug-likeness (QED) is 0.490. The fourth-order valence-electron chi connectivity index (χ4n) is 1.69. The Balaban J connectivity index is 2.28. The molecule has 0 amide bonds. The third kappa shape index (κ3) is 3.79. The van der Waals surface area contributed by atoms with E-state index in [1.165, 1.54) is 0 Å². The minimum absolute atomic E-state index is 0.145. The van der Waals surface area contributed by atoms with Crippen LogP contribution in [0.4, 0.5) is 0 Å². The van der Waals surface area contributed by atoms with E-state index < -0.39 is 11.9 Å². The van der Waals surface area contributed by atoms with Crippen LogP contribution in [0.3, 0.4) is 0 Å². The number of hydrogen-bond donors (Lipinski definition) is 0. The van der Waals surface area contributed by atoms with Crippen LogP contribution in [0.2, 0.25) is 0 Å². The Bertz CT molecular complexity index is 674. The van der Waals surface area contributed by atoms with Crippen molar-refractivity contribution >= 4 is 11.9 Å². The molecule has 0 heterocycles. The van der Waals surface area contributed by atoms with Gasteiger partial charge in [-0.2, -0.15) is 0 Å². The number of para-hydroxylation sites is 1. The zero-order chi connectivity index (χ0) is 15.2. The van der Waals surface area contributed by atoms with Crippen LogP contribution in [-0.4, -0.2) is 11.9 Å². The zero-order valence-electron chi connectivity index (χ0n) is 11.5. The summed E-state index contributed by atoms with van der Waals surface area (Å²) in [5.41, 5.74) is 1.04. The number of hydrogen-bond acceptors (Lipinski definition) is 4. The fourth-order valence-corrected chi connectivity index (χ4v) is 1.69. The SMILES string of the molecule is C=CC(=O)Oc1ccc(C)cc1C(=O)Oc1ccccc1. The van der Waals surface area contributed by atoms with Crippen LogP contribution in [-0.2, 0) is 4.79 Å². The van der Waals surface area contributed by atoms with Gasteiger partial charge >= 0.3 is 11.9 Å².